The van der Waals surface area contributed by atoms with Gasteiger partial charge in [-0.25, -0.2) is 0 Å². The molecule has 0 saturated carbocycles. The van der Waals surface area contributed by atoms with Crippen molar-refractivity contribution in [3.05, 3.63) is 30.3 Å². The Morgan fingerprint density at radius 3 is 2.71 bits per heavy atom. The fourth-order valence-corrected chi connectivity index (χ4v) is 1.63. The Balaban J connectivity index is 2.08. The molecule has 0 amide bonds. The Labute approximate surface area is 92.6 Å². The highest BCUT2D eigenvalue weighted by Crippen LogP contribution is 2.09. The van der Waals surface area contributed by atoms with Gasteiger partial charge in [-0.1, -0.05) is 18.2 Å². The lowest BCUT2D eigenvalue weighted by Crippen LogP contribution is -2.02. The molecule has 0 spiro atoms. The molecule has 1 aromatic rings. The van der Waals surface area contributed by atoms with Crippen LogP contribution < -0.4 is 4.74 Å². The molecule has 0 heterocycles. The van der Waals surface area contributed by atoms with Crippen LogP contribution >= 0.6 is 23.4 Å². The molecular weight excluding hydrogens is 220 g/mol. The Bertz CT molecular complexity index is 277. The zero-order valence-corrected chi connectivity index (χ0v) is 9.18. The summed E-state index contributed by atoms with van der Waals surface area (Å²) in [6.07, 6.45) is 0. The van der Waals surface area contributed by atoms with Crippen LogP contribution in [-0.4, -0.2) is 23.4 Å². The third kappa shape index (κ3) is 5.14. The summed E-state index contributed by atoms with van der Waals surface area (Å²) in [5.41, 5.74) is 0. The quantitative estimate of drug-likeness (QED) is 0.555. The predicted octanol–water partition coefficient (Wildman–Crippen LogP) is 2.56. The molecule has 76 valence electrons. The van der Waals surface area contributed by atoms with Gasteiger partial charge in [0.1, 0.15) is 5.75 Å². The first kappa shape index (κ1) is 11.4. The number of hydrogen-bond donors (Lipinski definition) is 0. The highest BCUT2D eigenvalue weighted by Gasteiger charge is 1.96. The number of rotatable bonds is 6. The molecule has 2 nitrogen and oxygen atoms in total. The van der Waals surface area contributed by atoms with E-state index in [9.17, 15) is 4.79 Å². The zero-order chi connectivity index (χ0) is 10.2. The number of halogens is 1. The number of carbonyl (C=O) groups is 1. The molecular formula is C10H11ClO2S. The highest BCUT2D eigenvalue weighted by molar-refractivity contribution is 8.00. The first-order chi connectivity index (χ1) is 6.79. The summed E-state index contributed by atoms with van der Waals surface area (Å²) in [4.78, 5) is 10.4. The second-order valence-corrected chi connectivity index (χ2v) is 4.10. The topological polar surface area (TPSA) is 26.3 Å². The van der Waals surface area contributed by atoms with Gasteiger partial charge in [0.05, 0.1) is 12.4 Å². The van der Waals surface area contributed by atoms with Gasteiger partial charge in [-0.15, -0.1) is 11.8 Å². The van der Waals surface area contributed by atoms with Crippen LogP contribution in [0.3, 0.4) is 0 Å². The molecule has 0 atom stereocenters. The standard InChI is InChI=1S/C10H11ClO2S/c11-10(12)8-14-7-6-13-9-4-2-1-3-5-9/h1-5H,6-8H2. The molecule has 0 N–H and O–H groups in total. The smallest absolute Gasteiger partial charge is 0.231 e. The van der Waals surface area contributed by atoms with Gasteiger partial charge in [-0.05, 0) is 23.7 Å². The van der Waals surface area contributed by atoms with Crippen LogP contribution in [0.5, 0.6) is 5.75 Å². The Morgan fingerprint density at radius 1 is 1.36 bits per heavy atom. The van der Waals surface area contributed by atoms with E-state index in [0.29, 0.717) is 12.4 Å². The van der Waals surface area contributed by atoms with Crippen LogP contribution in [0, 0.1) is 0 Å². The van der Waals surface area contributed by atoms with Gasteiger partial charge in [0.25, 0.3) is 0 Å². The van der Waals surface area contributed by atoms with E-state index in [1.807, 2.05) is 30.3 Å². The van der Waals surface area contributed by atoms with Gasteiger partial charge in [0.15, 0.2) is 0 Å². The average Bonchev–Trinajstić information content (AvgIpc) is 2.18. The minimum absolute atomic E-state index is 0.310. The molecule has 0 radical (unpaired) electrons. The van der Waals surface area contributed by atoms with Crippen LogP contribution in [0.15, 0.2) is 30.3 Å². The van der Waals surface area contributed by atoms with Crippen LogP contribution in [0.2, 0.25) is 0 Å². The lowest BCUT2D eigenvalue weighted by molar-refractivity contribution is -0.109. The van der Waals surface area contributed by atoms with Crippen molar-refractivity contribution in [1.29, 1.82) is 0 Å². The summed E-state index contributed by atoms with van der Waals surface area (Å²) < 4.78 is 5.41. The molecule has 1 rings (SSSR count). The Morgan fingerprint density at radius 2 is 2.07 bits per heavy atom. The molecule has 0 aliphatic carbocycles. The fourth-order valence-electron chi connectivity index (χ4n) is 0.888. The second kappa shape index (κ2) is 6.74. The predicted molar refractivity (Wildman–Crippen MR) is 60.1 cm³/mol. The van der Waals surface area contributed by atoms with Gasteiger partial charge < -0.3 is 4.74 Å². The van der Waals surface area contributed by atoms with Crippen LogP contribution in [0.1, 0.15) is 0 Å². The maximum absolute atomic E-state index is 10.4. The highest BCUT2D eigenvalue weighted by atomic mass is 35.5. The van der Waals surface area contributed by atoms with E-state index in [0.717, 1.165) is 11.5 Å². The second-order valence-electron chi connectivity index (χ2n) is 2.57. The van der Waals surface area contributed by atoms with E-state index < -0.39 is 0 Å². The zero-order valence-electron chi connectivity index (χ0n) is 7.61. The maximum atomic E-state index is 10.4. The van der Waals surface area contributed by atoms with Crippen molar-refractivity contribution in [3.8, 4) is 5.75 Å². The number of hydrogen-bond acceptors (Lipinski definition) is 3. The largest absolute Gasteiger partial charge is 0.493 e. The molecule has 0 aliphatic heterocycles. The van der Waals surface area contributed by atoms with Gasteiger partial charge >= 0.3 is 0 Å². The van der Waals surface area contributed by atoms with E-state index in [1.165, 1.54) is 11.8 Å². The molecule has 14 heavy (non-hydrogen) atoms. The molecule has 0 bridgehead atoms. The molecule has 0 saturated heterocycles. The maximum Gasteiger partial charge on any atom is 0.231 e. The molecule has 4 heteroatoms. The summed E-state index contributed by atoms with van der Waals surface area (Å²) in [6, 6.07) is 9.58. The van der Waals surface area contributed by atoms with Crippen molar-refractivity contribution < 1.29 is 9.53 Å². The molecule has 0 aliphatic rings. The normalized spacial score (nSPS) is 9.79. The first-order valence-corrected chi connectivity index (χ1v) is 5.76. The molecule has 0 fully saturated rings. The first-order valence-electron chi connectivity index (χ1n) is 4.23. The van der Waals surface area contributed by atoms with Crippen molar-refractivity contribution in [2.24, 2.45) is 0 Å². The third-order valence-electron chi connectivity index (χ3n) is 1.46. The van der Waals surface area contributed by atoms with Crippen LogP contribution in [-0.2, 0) is 4.79 Å². The van der Waals surface area contributed by atoms with Crippen LogP contribution in [0.4, 0.5) is 0 Å². The number of carbonyl (C=O) groups excluding carboxylic acids is 1. The van der Waals surface area contributed by atoms with Crippen molar-refractivity contribution in [2.45, 2.75) is 0 Å². The van der Waals surface area contributed by atoms with Gasteiger partial charge in [-0.2, -0.15) is 0 Å². The average molecular weight is 231 g/mol. The van der Waals surface area contributed by atoms with Gasteiger partial charge in [0, 0.05) is 5.75 Å². The van der Waals surface area contributed by atoms with Crippen LogP contribution in [0.25, 0.3) is 0 Å². The fraction of sp³-hybridized carbons (Fsp3) is 0.300. The lowest BCUT2D eigenvalue weighted by atomic mass is 10.3. The number of ether oxygens (including phenoxy) is 1. The minimum atomic E-state index is -0.310. The van der Waals surface area contributed by atoms with E-state index in [4.69, 9.17) is 16.3 Å². The lowest BCUT2D eigenvalue weighted by Gasteiger charge is -2.04. The Kier molecular flexibility index (Phi) is 5.49. The monoisotopic (exact) mass is 230 g/mol. The van der Waals surface area contributed by atoms with Gasteiger partial charge in [-0.3, -0.25) is 4.79 Å². The van der Waals surface area contributed by atoms with E-state index in [1.54, 1.807) is 0 Å². The summed E-state index contributed by atoms with van der Waals surface area (Å²) in [6.45, 7) is 0.596. The molecule has 0 aromatic heterocycles. The summed E-state index contributed by atoms with van der Waals surface area (Å²) in [5, 5.41) is -0.310. The third-order valence-corrected chi connectivity index (χ3v) is 2.67. The molecule has 1 aromatic carbocycles. The van der Waals surface area contributed by atoms with E-state index >= 15 is 0 Å². The number of thioether (sulfide) groups is 1. The number of para-hydroxylation sites is 1. The van der Waals surface area contributed by atoms with Gasteiger partial charge in [0.2, 0.25) is 5.24 Å². The van der Waals surface area contributed by atoms with E-state index in [-0.39, 0.29) is 5.24 Å². The van der Waals surface area contributed by atoms with Crippen molar-refractivity contribution >= 4 is 28.6 Å². The summed E-state index contributed by atoms with van der Waals surface area (Å²) in [5.74, 6) is 1.97. The van der Waals surface area contributed by atoms with Crippen molar-refractivity contribution in [2.75, 3.05) is 18.1 Å². The van der Waals surface area contributed by atoms with Crippen molar-refractivity contribution in [3.63, 3.8) is 0 Å². The molecule has 0 unspecified atom stereocenters. The minimum Gasteiger partial charge on any atom is -0.493 e. The van der Waals surface area contributed by atoms with E-state index in [2.05, 4.69) is 0 Å². The SMILES string of the molecule is O=C(Cl)CSCCOc1ccccc1. The number of benzene rings is 1. The Hall–Kier alpha value is -0.670. The van der Waals surface area contributed by atoms with Crippen molar-refractivity contribution in [1.82, 2.24) is 0 Å². The summed E-state index contributed by atoms with van der Waals surface area (Å²) >= 11 is 6.65. The summed E-state index contributed by atoms with van der Waals surface area (Å²) in [7, 11) is 0.